The van der Waals surface area contributed by atoms with E-state index >= 15 is 0 Å². The van der Waals surface area contributed by atoms with E-state index in [1.807, 2.05) is 51.1 Å². The summed E-state index contributed by atoms with van der Waals surface area (Å²) in [5.74, 6) is -1.09. The number of rotatable bonds is 7. The molecule has 0 unspecified atom stereocenters. The number of halogens is 3. The fourth-order valence-corrected chi connectivity index (χ4v) is 6.08. The quantitative estimate of drug-likeness (QED) is 0.190. The van der Waals surface area contributed by atoms with Gasteiger partial charge in [0.2, 0.25) is 0 Å². The predicted molar refractivity (Wildman–Crippen MR) is 163 cm³/mol. The third-order valence-electron chi connectivity index (χ3n) is 8.40. The molecule has 5 aromatic rings. The van der Waals surface area contributed by atoms with Crippen molar-refractivity contribution in [1.29, 1.82) is 0 Å². The number of ether oxygens (including phenoxy) is 1. The summed E-state index contributed by atoms with van der Waals surface area (Å²) in [6, 6.07) is 18.1. The Bertz CT molecular complexity index is 1980. The lowest BCUT2D eigenvalue weighted by atomic mass is 9.92. The smallest absolute Gasteiger partial charge is 0.394 e. The first-order chi connectivity index (χ1) is 20.8. The van der Waals surface area contributed by atoms with Gasteiger partial charge < -0.3 is 25.5 Å². The predicted octanol–water partition coefficient (Wildman–Crippen LogP) is 6.82. The van der Waals surface area contributed by atoms with Crippen LogP contribution in [-0.4, -0.2) is 35.1 Å². The summed E-state index contributed by atoms with van der Waals surface area (Å²) >= 11 is 0. The molecule has 0 radical (unpaired) electrons. The van der Waals surface area contributed by atoms with Gasteiger partial charge in [-0.1, -0.05) is 36.4 Å². The number of carbonyl (C=O) groups is 2. The monoisotopic (exact) mass is 601 g/mol. The van der Waals surface area contributed by atoms with Crippen LogP contribution in [0.4, 0.5) is 18.9 Å². The van der Waals surface area contributed by atoms with Crippen LogP contribution < -0.4 is 10.6 Å². The lowest BCUT2D eigenvalue weighted by Crippen LogP contribution is -2.24. The van der Waals surface area contributed by atoms with Crippen molar-refractivity contribution in [1.82, 2.24) is 4.98 Å². The van der Waals surface area contributed by atoms with E-state index in [2.05, 4.69) is 4.98 Å². The Morgan fingerprint density at radius 1 is 1.00 bits per heavy atom. The van der Waals surface area contributed by atoms with Gasteiger partial charge in [-0.05, 0) is 78.9 Å². The summed E-state index contributed by atoms with van der Waals surface area (Å²) in [5.41, 5.74) is 10.2. The second-order valence-corrected chi connectivity index (χ2v) is 11.5. The molecule has 0 bridgehead atoms. The number of aliphatic hydroxyl groups is 1. The number of hydrogen-bond donors (Lipinski definition) is 3. The SMILES string of the molecule is Cc1c(-c2ccc(C(N)=O)c3[nH]c4cc(C(C)(C)OCCO)ccc4c23)cccc1N1Cc2ccc(C(F)(F)F)cc2C1=O. The van der Waals surface area contributed by atoms with Crippen molar-refractivity contribution >= 4 is 39.3 Å². The molecule has 1 aromatic heterocycles. The van der Waals surface area contributed by atoms with Crippen molar-refractivity contribution in [3.05, 3.63) is 100 Å². The van der Waals surface area contributed by atoms with E-state index in [1.165, 1.54) is 11.0 Å². The van der Waals surface area contributed by atoms with Crippen LogP contribution in [0.15, 0.2) is 66.7 Å². The molecule has 226 valence electrons. The number of aromatic nitrogens is 1. The van der Waals surface area contributed by atoms with Crippen molar-refractivity contribution in [3.63, 3.8) is 0 Å². The van der Waals surface area contributed by atoms with E-state index in [4.69, 9.17) is 10.5 Å². The van der Waals surface area contributed by atoms with Gasteiger partial charge in [0, 0.05) is 27.5 Å². The van der Waals surface area contributed by atoms with Crippen LogP contribution >= 0.6 is 0 Å². The standard InChI is InChI=1S/C34H30F3N3O4/c1-18-22(5-4-6-28(18)40-17-19-7-8-21(34(35,36)37)15-26(19)32(40)43)23-11-12-25(31(38)42)30-29(23)24-10-9-20(16-27(24)39-30)33(2,3)44-14-13-41/h4-12,15-16,39,41H,13-14,17H2,1-3H3,(H2,38,42). The number of nitrogens with two attached hydrogens (primary N) is 1. The number of fused-ring (bicyclic) bond motifs is 4. The molecular weight excluding hydrogens is 571 g/mol. The topological polar surface area (TPSA) is 109 Å². The van der Waals surface area contributed by atoms with Gasteiger partial charge in [0.05, 0.1) is 42.0 Å². The molecule has 6 rings (SSSR count). The second kappa shape index (κ2) is 10.5. The molecule has 4 N–H and O–H groups in total. The Morgan fingerprint density at radius 2 is 1.75 bits per heavy atom. The number of alkyl halides is 3. The van der Waals surface area contributed by atoms with E-state index in [1.54, 1.807) is 18.2 Å². The van der Waals surface area contributed by atoms with Crippen LogP contribution in [0.5, 0.6) is 0 Å². The molecule has 0 saturated heterocycles. The molecule has 0 fully saturated rings. The van der Waals surface area contributed by atoms with Crippen LogP contribution in [0.1, 0.15) is 56.8 Å². The van der Waals surface area contributed by atoms with Gasteiger partial charge in [-0.2, -0.15) is 13.2 Å². The minimum absolute atomic E-state index is 0.0381. The van der Waals surface area contributed by atoms with Crippen molar-refractivity contribution in [2.24, 2.45) is 5.73 Å². The number of carbonyl (C=O) groups excluding carboxylic acids is 2. The molecule has 0 atom stereocenters. The van der Waals surface area contributed by atoms with Gasteiger partial charge in [-0.3, -0.25) is 9.59 Å². The van der Waals surface area contributed by atoms with Crippen molar-refractivity contribution < 1.29 is 32.6 Å². The number of anilines is 1. The summed E-state index contributed by atoms with van der Waals surface area (Å²) in [6.45, 7) is 5.90. The van der Waals surface area contributed by atoms with Gasteiger partial charge in [-0.15, -0.1) is 0 Å². The lowest BCUT2D eigenvalue weighted by molar-refractivity contribution is -0.137. The van der Waals surface area contributed by atoms with Crippen LogP contribution in [0.2, 0.25) is 0 Å². The van der Waals surface area contributed by atoms with Crippen molar-refractivity contribution in [3.8, 4) is 11.1 Å². The molecule has 1 aliphatic heterocycles. The normalized spacial score (nSPS) is 13.7. The van der Waals surface area contributed by atoms with Gasteiger partial charge in [-0.25, -0.2) is 0 Å². The molecule has 0 saturated carbocycles. The van der Waals surface area contributed by atoms with E-state index < -0.39 is 29.2 Å². The maximum absolute atomic E-state index is 13.4. The summed E-state index contributed by atoms with van der Waals surface area (Å²) in [6.07, 6.45) is -4.55. The zero-order chi connectivity index (χ0) is 31.6. The van der Waals surface area contributed by atoms with E-state index in [0.29, 0.717) is 22.3 Å². The number of hydrogen-bond acceptors (Lipinski definition) is 4. The van der Waals surface area contributed by atoms with Gasteiger partial charge in [0.25, 0.3) is 11.8 Å². The molecule has 44 heavy (non-hydrogen) atoms. The van der Waals surface area contributed by atoms with Crippen molar-refractivity contribution in [2.45, 2.75) is 39.1 Å². The number of H-pyrrole nitrogens is 1. The van der Waals surface area contributed by atoms with Gasteiger partial charge in [0.15, 0.2) is 0 Å². The first-order valence-corrected chi connectivity index (χ1v) is 14.1. The van der Waals surface area contributed by atoms with Crippen LogP contribution in [0.3, 0.4) is 0 Å². The van der Waals surface area contributed by atoms with E-state index in [0.717, 1.165) is 50.7 Å². The van der Waals surface area contributed by atoms with Crippen LogP contribution in [0, 0.1) is 6.92 Å². The largest absolute Gasteiger partial charge is 0.416 e. The molecule has 10 heteroatoms. The molecule has 4 aromatic carbocycles. The number of aromatic amines is 1. The van der Waals surface area contributed by atoms with Crippen molar-refractivity contribution in [2.75, 3.05) is 18.1 Å². The molecule has 0 spiro atoms. The molecule has 7 nitrogen and oxygen atoms in total. The summed E-state index contributed by atoms with van der Waals surface area (Å²) in [5, 5.41) is 10.8. The average Bonchev–Trinajstić information content (AvgIpc) is 3.52. The Hall–Kier alpha value is -4.67. The van der Waals surface area contributed by atoms with Gasteiger partial charge in [0.1, 0.15) is 0 Å². The number of nitrogens with one attached hydrogen (secondary N) is 1. The molecule has 2 heterocycles. The lowest BCUT2D eigenvalue weighted by Gasteiger charge is -2.25. The second-order valence-electron chi connectivity index (χ2n) is 11.5. The maximum atomic E-state index is 13.4. The minimum atomic E-state index is -4.55. The molecular formula is C34H30F3N3O4. The zero-order valence-corrected chi connectivity index (χ0v) is 24.3. The van der Waals surface area contributed by atoms with Crippen LogP contribution in [-0.2, 0) is 23.1 Å². The molecule has 1 aliphatic rings. The third-order valence-corrected chi connectivity index (χ3v) is 8.40. The van der Waals surface area contributed by atoms with Gasteiger partial charge >= 0.3 is 6.18 Å². The van der Waals surface area contributed by atoms with E-state index in [9.17, 15) is 27.9 Å². The zero-order valence-electron chi connectivity index (χ0n) is 24.3. The van der Waals surface area contributed by atoms with Crippen LogP contribution in [0.25, 0.3) is 32.9 Å². The number of primary amides is 1. The highest BCUT2D eigenvalue weighted by molar-refractivity contribution is 6.20. The Morgan fingerprint density at radius 3 is 2.45 bits per heavy atom. The Labute approximate surface area is 251 Å². The Kier molecular flexibility index (Phi) is 7.02. The van der Waals surface area contributed by atoms with E-state index in [-0.39, 0.29) is 25.3 Å². The summed E-state index contributed by atoms with van der Waals surface area (Å²) in [7, 11) is 0. The summed E-state index contributed by atoms with van der Waals surface area (Å²) < 4.78 is 45.9. The fourth-order valence-electron chi connectivity index (χ4n) is 6.08. The highest BCUT2D eigenvalue weighted by atomic mass is 19.4. The highest BCUT2D eigenvalue weighted by Crippen LogP contribution is 2.42. The number of amides is 2. The molecule has 0 aliphatic carbocycles. The maximum Gasteiger partial charge on any atom is 0.416 e. The first-order valence-electron chi connectivity index (χ1n) is 14.1. The molecule has 2 amide bonds. The number of benzene rings is 4. The highest BCUT2D eigenvalue weighted by Gasteiger charge is 2.36. The average molecular weight is 602 g/mol. The minimum Gasteiger partial charge on any atom is -0.394 e. The third kappa shape index (κ3) is 4.80. The Balaban J connectivity index is 1.48. The first kappa shape index (κ1) is 29.4. The summed E-state index contributed by atoms with van der Waals surface area (Å²) in [4.78, 5) is 30.7. The fraction of sp³-hybridized carbons (Fsp3) is 0.235. The number of aliphatic hydroxyl groups excluding tert-OH is 1. The number of nitrogens with zero attached hydrogens (tertiary/aromatic N) is 1.